The Labute approximate surface area is 127 Å². The number of hydrogen-bond acceptors (Lipinski definition) is 3. The van der Waals surface area contributed by atoms with Crippen molar-refractivity contribution in [1.82, 2.24) is 4.90 Å². The number of rotatable bonds is 9. The van der Waals surface area contributed by atoms with E-state index in [1.165, 1.54) is 0 Å². The van der Waals surface area contributed by atoms with Gasteiger partial charge in [0.2, 0.25) is 0 Å². The summed E-state index contributed by atoms with van der Waals surface area (Å²) in [6.07, 6.45) is 2.38. The molecular formula is C17H25NO3. The van der Waals surface area contributed by atoms with E-state index in [1.54, 1.807) is 24.3 Å². The van der Waals surface area contributed by atoms with Crippen LogP contribution in [0.2, 0.25) is 0 Å². The highest BCUT2D eigenvalue weighted by atomic mass is 16.5. The third-order valence-electron chi connectivity index (χ3n) is 3.20. The summed E-state index contributed by atoms with van der Waals surface area (Å²) in [5, 5.41) is 0. The van der Waals surface area contributed by atoms with Gasteiger partial charge < -0.3 is 9.64 Å². The van der Waals surface area contributed by atoms with Crippen LogP contribution in [0.3, 0.4) is 0 Å². The van der Waals surface area contributed by atoms with Gasteiger partial charge in [0, 0.05) is 25.1 Å². The minimum Gasteiger partial charge on any atom is -0.484 e. The number of ether oxygens (including phenoxy) is 1. The molecule has 0 aliphatic rings. The molecule has 116 valence electrons. The van der Waals surface area contributed by atoms with E-state index in [0.29, 0.717) is 17.7 Å². The SMILES string of the molecule is CCCN(CCC)C(=O)COc1ccc(C(=O)CC)cc1. The van der Waals surface area contributed by atoms with Gasteiger partial charge in [-0.2, -0.15) is 0 Å². The van der Waals surface area contributed by atoms with Crippen LogP contribution in [-0.2, 0) is 4.79 Å². The van der Waals surface area contributed by atoms with Crippen LogP contribution in [0.1, 0.15) is 50.4 Å². The largest absolute Gasteiger partial charge is 0.484 e. The Morgan fingerprint density at radius 3 is 2.05 bits per heavy atom. The monoisotopic (exact) mass is 291 g/mol. The number of hydrogen-bond donors (Lipinski definition) is 0. The zero-order valence-corrected chi connectivity index (χ0v) is 13.2. The molecule has 1 rings (SSSR count). The highest BCUT2D eigenvalue weighted by molar-refractivity contribution is 5.95. The van der Waals surface area contributed by atoms with E-state index in [1.807, 2.05) is 11.8 Å². The minimum absolute atomic E-state index is 0.00686. The third kappa shape index (κ3) is 5.58. The predicted octanol–water partition coefficient (Wildman–Crippen LogP) is 3.31. The zero-order valence-electron chi connectivity index (χ0n) is 13.2. The Hall–Kier alpha value is -1.84. The second-order valence-corrected chi connectivity index (χ2v) is 4.97. The molecule has 1 aromatic rings. The van der Waals surface area contributed by atoms with Gasteiger partial charge >= 0.3 is 0 Å². The van der Waals surface area contributed by atoms with Crippen molar-refractivity contribution in [3.63, 3.8) is 0 Å². The summed E-state index contributed by atoms with van der Waals surface area (Å²) in [7, 11) is 0. The van der Waals surface area contributed by atoms with Gasteiger partial charge in [-0.25, -0.2) is 0 Å². The fourth-order valence-corrected chi connectivity index (χ4v) is 2.08. The maximum Gasteiger partial charge on any atom is 0.260 e. The van der Waals surface area contributed by atoms with E-state index in [0.717, 1.165) is 25.9 Å². The third-order valence-corrected chi connectivity index (χ3v) is 3.20. The van der Waals surface area contributed by atoms with Crippen molar-refractivity contribution in [2.75, 3.05) is 19.7 Å². The van der Waals surface area contributed by atoms with Crippen LogP contribution in [0.15, 0.2) is 24.3 Å². The van der Waals surface area contributed by atoms with Crippen molar-refractivity contribution in [3.8, 4) is 5.75 Å². The van der Waals surface area contributed by atoms with Gasteiger partial charge in [-0.05, 0) is 37.1 Å². The minimum atomic E-state index is 0.00686. The molecule has 0 N–H and O–H groups in total. The molecule has 4 nitrogen and oxygen atoms in total. The first-order valence-corrected chi connectivity index (χ1v) is 7.66. The predicted molar refractivity (Wildman–Crippen MR) is 83.7 cm³/mol. The van der Waals surface area contributed by atoms with Crippen LogP contribution in [0.25, 0.3) is 0 Å². The van der Waals surface area contributed by atoms with Crippen LogP contribution in [-0.4, -0.2) is 36.3 Å². The van der Waals surface area contributed by atoms with Crippen LogP contribution >= 0.6 is 0 Å². The summed E-state index contributed by atoms with van der Waals surface area (Å²) < 4.78 is 5.51. The van der Waals surface area contributed by atoms with Gasteiger partial charge in [-0.15, -0.1) is 0 Å². The molecule has 21 heavy (non-hydrogen) atoms. The molecular weight excluding hydrogens is 266 g/mol. The molecule has 0 bridgehead atoms. The smallest absolute Gasteiger partial charge is 0.260 e. The van der Waals surface area contributed by atoms with E-state index in [-0.39, 0.29) is 18.3 Å². The summed E-state index contributed by atoms with van der Waals surface area (Å²) in [6.45, 7) is 7.52. The summed E-state index contributed by atoms with van der Waals surface area (Å²) in [5.41, 5.74) is 0.676. The topological polar surface area (TPSA) is 46.6 Å². The lowest BCUT2D eigenvalue weighted by Gasteiger charge is -2.21. The number of ketones is 1. The lowest BCUT2D eigenvalue weighted by atomic mass is 10.1. The molecule has 0 fully saturated rings. The number of carbonyl (C=O) groups excluding carboxylic acids is 2. The Kier molecular flexibility index (Phi) is 7.51. The van der Waals surface area contributed by atoms with Crippen molar-refractivity contribution < 1.29 is 14.3 Å². The lowest BCUT2D eigenvalue weighted by molar-refractivity contribution is -0.133. The van der Waals surface area contributed by atoms with Crippen molar-refractivity contribution in [2.24, 2.45) is 0 Å². The zero-order chi connectivity index (χ0) is 15.7. The van der Waals surface area contributed by atoms with Gasteiger partial charge in [0.05, 0.1) is 0 Å². The maximum absolute atomic E-state index is 12.1. The van der Waals surface area contributed by atoms with Crippen LogP contribution in [0.4, 0.5) is 0 Å². The molecule has 1 amide bonds. The average molecular weight is 291 g/mol. The van der Waals surface area contributed by atoms with E-state index >= 15 is 0 Å². The van der Waals surface area contributed by atoms with E-state index < -0.39 is 0 Å². The molecule has 0 atom stereocenters. The molecule has 0 aliphatic heterocycles. The van der Waals surface area contributed by atoms with Crippen LogP contribution in [0, 0.1) is 0 Å². The quantitative estimate of drug-likeness (QED) is 0.656. The molecule has 0 saturated carbocycles. The second-order valence-electron chi connectivity index (χ2n) is 4.97. The number of nitrogens with zero attached hydrogens (tertiary/aromatic N) is 1. The van der Waals surface area contributed by atoms with Gasteiger partial charge in [0.1, 0.15) is 5.75 Å². The number of amides is 1. The molecule has 0 unspecified atom stereocenters. The van der Waals surface area contributed by atoms with Gasteiger partial charge in [0.25, 0.3) is 5.91 Å². The second kappa shape index (κ2) is 9.16. The summed E-state index contributed by atoms with van der Waals surface area (Å²) in [6, 6.07) is 6.95. The summed E-state index contributed by atoms with van der Waals surface area (Å²) in [4.78, 5) is 25.4. The van der Waals surface area contributed by atoms with Crippen LogP contribution in [0.5, 0.6) is 5.75 Å². The Morgan fingerprint density at radius 1 is 1.00 bits per heavy atom. The van der Waals surface area contributed by atoms with Gasteiger partial charge in [-0.3, -0.25) is 9.59 Å². The molecule has 0 aliphatic carbocycles. The standard InChI is InChI=1S/C17H25NO3/c1-4-11-18(12-5-2)17(20)13-21-15-9-7-14(8-10-15)16(19)6-3/h7-10H,4-6,11-13H2,1-3H3. The first kappa shape index (κ1) is 17.2. The molecule has 1 aromatic carbocycles. The van der Waals surface area contributed by atoms with Crippen molar-refractivity contribution in [2.45, 2.75) is 40.0 Å². The molecule has 0 heterocycles. The van der Waals surface area contributed by atoms with E-state index in [4.69, 9.17) is 4.74 Å². The number of carbonyl (C=O) groups is 2. The van der Waals surface area contributed by atoms with Gasteiger partial charge in [-0.1, -0.05) is 20.8 Å². The summed E-state index contributed by atoms with van der Waals surface area (Å²) in [5.74, 6) is 0.728. The van der Waals surface area contributed by atoms with Gasteiger partial charge in [0.15, 0.2) is 12.4 Å². The Balaban J connectivity index is 2.53. The van der Waals surface area contributed by atoms with Crippen molar-refractivity contribution in [3.05, 3.63) is 29.8 Å². The lowest BCUT2D eigenvalue weighted by Crippen LogP contribution is -2.36. The fourth-order valence-electron chi connectivity index (χ4n) is 2.08. The molecule has 0 aromatic heterocycles. The highest BCUT2D eigenvalue weighted by Crippen LogP contribution is 2.13. The number of Topliss-reactive ketones (excluding diaryl/α,β-unsaturated/α-hetero) is 1. The van der Waals surface area contributed by atoms with E-state index in [2.05, 4.69) is 13.8 Å². The van der Waals surface area contributed by atoms with Crippen LogP contribution < -0.4 is 4.74 Å². The van der Waals surface area contributed by atoms with Crippen molar-refractivity contribution in [1.29, 1.82) is 0 Å². The average Bonchev–Trinajstić information content (AvgIpc) is 2.52. The molecule has 0 saturated heterocycles. The maximum atomic E-state index is 12.1. The highest BCUT2D eigenvalue weighted by Gasteiger charge is 2.12. The molecule has 0 spiro atoms. The van der Waals surface area contributed by atoms with Crippen molar-refractivity contribution >= 4 is 11.7 Å². The fraction of sp³-hybridized carbons (Fsp3) is 0.529. The number of benzene rings is 1. The molecule has 0 radical (unpaired) electrons. The first-order valence-electron chi connectivity index (χ1n) is 7.66. The summed E-state index contributed by atoms with van der Waals surface area (Å²) >= 11 is 0. The van der Waals surface area contributed by atoms with E-state index in [9.17, 15) is 9.59 Å². The Bertz CT molecular complexity index is 448. The normalized spacial score (nSPS) is 10.2. The molecule has 4 heteroatoms. The Morgan fingerprint density at radius 2 is 1.57 bits per heavy atom. The first-order chi connectivity index (χ1) is 10.1.